The molecule has 1 aromatic carbocycles. The number of hydrogen-bond donors (Lipinski definition) is 1. The Morgan fingerprint density at radius 2 is 1.72 bits per heavy atom. The van der Waals surface area contributed by atoms with Gasteiger partial charge in [0.1, 0.15) is 5.82 Å². The molecular formula is C19H22F3N5O2. The third-order valence-corrected chi connectivity index (χ3v) is 5.51. The summed E-state index contributed by atoms with van der Waals surface area (Å²) in [6.45, 7) is 0.985. The molecule has 0 bridgehead atoms. The summed E-state index contributed by atoms with van der Waals surface area (Å²) >= 11 is 0. The highest BCUT2D eigenvalue weighted by molar-refractivity contribution is 5.89. The molecule has 156 valence electrons. The zero-order valence-electron chi connectivity index (χ0n) is 15.9. The summed E-state index contributed by atoms with van der Waals surface area (Å²) in [7, 11) is 1.65. The molecule has 0 atom stereocenters. The number of piperidine rings is 1. The SMILES string of the molecule is Cn1nc(C2CCN(C(=O)Nc3ccc(C(F)(F)F)cc3)CC2)n(C2CC2)c1=O. The number of halogens is 3. The summed E-state index contributed by atoms with van der Waals surface area (Å²) in [5, 5.41) is 7.06. The van der Waals surface area contributed by atoms with Crippen LogP contribution in [-0.2, 0) is 13.2 Å². The van der Waals surface area contributed by atoms with Crippen molar-refractivity contribution in [2.45, 2.75) is 43.8 Å². The lowest BCUT2D eigenvalue weighted by Crippen LogP contribution is -2.41. The second-order valence-electron chi connectivity index (χ2n) is 7.63. The number of carbonyl (C=O) groups excluding carboxylic acids is 1. The van der Waals surface area contributed by atoms with Crippen LogP contribution in [0.1, 0.15) is 49.0 Å². The maximum absolute atomic E-state index is 12.6. The van der Waals surface area contributed by atoms with E-state index >= 15 is 0 Å². The number of nitrogens with one attached hydrogen (secondary N) is 1. The van der Waals surface area contributed by atoms with Gasteiger partial charge in [0.2, 0.25) is 0 Å². The van der Waals surface area contributed by atoms with Gasteiger partial charge >= 0.3 is 17.9 Å². The quantitative estimate of drug-likeness (QED) is 0.845. The molecule has 1 aliphatic carbocycles. The van der Waals surface area contributed by atoms with Gasteiger partial charge in [-0.25, -0.2) is 14.3 Å². The summed E-state index contributed by atoms with van der Waals surface area (Å²) in [5.41, 5.74) is -0.532. The number of anilines is 1. The van der Waals surface area contributed by atoms with E-state index in [1.807, 2.05) is 0 Å². The summed E-state index contributed by atoms with van der Waals surface area (Å²) in [5.74, 6) is 0.905. The highest BCUT2D eigenvalue weighted by Crippen LogP contribution is 2.37. The highest BCUT2D eigenvalue weighted by Gasteiger charge is 2.34. The number of rotatable bonds is 3. The molecule has 2 amide bonds. The third kappa shape index (κ3) is 4.01. The predicted molar refractivity (Wildman–Crippen MR) is 99.7 cm³/mol. The highest BCUT2D eigenvalue weighted by atomic mass is 19.4. The Morgan fingerprint density at radius 1 is 1.10 bits per heavy atom. The van der Waals surface area contributed by atoms with Crippen LogP contribution >= 0.6 is 0 Å². The van der Waals surface area contributed by atoms with Crippen molar-refractivity contribution in [3.63, 3.8) is 0 Å². The van der Waals surface area contributed by atoms with Gasteiger partial charge in [-0.05, 0) is 49.9 Å². The molecule has 0 unspecified atom stereocenters. The second-order valence-corrected chi connectivity index (χ2v) is 7.63. The fourth-order valence-corrected chi connectivity index (χ4v) is 3.74. The van der Waals surface area contributed by atoms with Crippen LogP contribution in [0.15, 0.2) is 29.1 Å². The summed E-state index contributed by atoms with van der Waals surface area (Å²) in [4.78, 5) is 26.4. The van der Waals surface area contributed by atoms with Crippen LogP contribution in [0, 0.1) is 0 Å². The molecule has 2 fully saturated rings. The lowest BCUT2D eigenvalue weighted by molar-refractivity contribution is -0.137. The van der Waals surface area contributed by atoms with Gasteiger partial charge in [-0.15, -0.1) is 0 Å². The number of aryl methyl sites for hydroxylation is 1. The van der Waals surface area contributed by atoms with Gasteiger partial charge < -0.3 is 10.2 Å². The summed E-state index contributed by atoms with van der Waals surface area (Å²) in [6.07, 6.45) is -1.05. The third-order valence-electron chi connectivity index (χ3n) is 5.51. The number of hydrogen-bond acceptors (Lipinski definition) is 3. The van der Waals surface area contributed by atoms with Gasteiger partial charge in [-0.2, -0.15) is 18.3 Å². The number of benzene rings is 1. The molecule has 1 aromatic heterocycles. The van der Waals surface area contributed by atoms with E-state index in [1.165, 1.54) is 16.8 Å². The minimum absolute atomic E-state index is 0.0926. The Hall–Kier alpha value is -2.78. The van der Waals surface area contributed by atoms with Gasteiger partial charge in [0, 0.05) is 37.8 Å². The number of amides is 2. The predicted octanol–water partition coefficient (Wildman–Crippen LogP) is 3.35. The smallest absolute Gasteiger partial charge is 0.324 e. The molecule has 2 heterocycles. The Kier molecular flexibility index (Phi) is 4.87. The first-order chi connectivity index (χ1) is 13.7. The van der Waals surface area contributed by atoms with E-state index in [1.54, 1.807) is 16.5 Å². The number of carbonyl (C=O) groups is 1. The average Bonchev–Trinajstić information content (AvgIpc) is 3.47. The summed E-state index contributed by atoms with van der Waals surface area (Å²) < 4.78 is 41.1. The Labute approximate surface area is 165 Å². The van der Waals surface area contributed by atoms with E-state index < -0.39 is 11.7 Å². The molecule has 1 N–H and O–H groups in total. The maximum atomic E-state index is 12.6. The first-order valence-electron chi connectivity index (χ1n) is 9.62. The number of aromatic nitrogens is 3. The van der Waals surface area contributed by atoms with E-state index in [0.29, 0.717) is 31.6 Å². The molecule has 10 heteroatoms. The van der Waals surface area contributed by atoms with Crippen molar-refractivity contribution in [3.8, 4) is 0 Å². The largest absolute Gasteiger partial charge is 0.416 e. The molecule has 1 saturated carbocycles. The fraction of sp³-hybridized carbons (Fsp3) is 0.526. The van der Waals surface area contributed by atoms with E-state index in [4.69, 9.17) is 0 Å². The molecule has 2 aromatic rings. The maximum Gasteiger partial charge on any atom is 0.416 e. The molecule has 7 nitrogen and oxygen atoms in total. The number of alkyl halides is 3. The number of urea groups is 1. The van der Waals surface area contributed by atoms with Gasteiger partial charge in [0.15, 0.2) is 0 Å². The van der Waals surface area contributed by atoms with Gasteiger partial charge in [-0.1, -0.05) is 0 Å². The van der Waals surface area contributed by atoms with Gasteiger partial charge in [0.25, 0.3) is 0 Å². The second kappa shape index (κ2) is 7.23. The van der Waals surface area contributed by atoms with Gasteiger partial charge in [-0.3, -0.25) is 4.57 Å². The van der Waals surface area contributed by atoms with E-state index in [-0.39, 0.29) is 23.7 Å². The zero-order chi connectivity index (χ0) is 20.8. The van der Waals surface area contributed by atoms with Crippen molar-refractivity contribution in [2.75, 3.05) is 18.4 Å². The van der Waals surface area contributed by atoms with Crippen LogP contribution in [0.25, 0.3) is 0 Å². The van der Waals surface area contributed by atoms with E-state index in [0.717, 1.165) is 30.8 Å². The molecule has 2 aliphatic rings. The van der Waals surface area contributed by atoms with E-state index in [9.17, 15) is 22.8 Å². The van der Waals surface area contributed by atoms with E-state index in [2.05, 4.69) is 10.4 Å². The van der Waals surface area contributed by atoms with Crippen molar-refractivity contribution in [3.05, 3.63) is 46.1 Å². The Balaban J connectivity index is 1.37. The minimum atomic E-state index is -4.41. The van der Waals surface area contributed by atoms with Crippen LogP contribution in [0.4, 0.5) is 23.7 Å². The van der Waals surface area contributed by atoms with Crippen LogP contribution in [-0.4, -0.2) is 38.4 Å². The molecule has 0 spiro atoms. The topological polar surface area (TPSA) is 72.2 Å². The van der Waals surface area contributed by atoms with Crippen molar-refractivity contribution >= 4 is 11.7 Å². The minimum Gasteiger partial charge on any atom is -0.324 e. The fourth-order valence-electron chi connectivity index (χ4n) is 3.74. The normalized spacial score (nSPS) is 18.1. The molecule has 29 heavy (non-hydrogen) atoms. The standard InChI is InChI=1S/C19H22F3N5O2/c1-25-18(29)27(15-6-7-15)16(24-25)12-8-10-26(11-9-12)17(28)23-14-4-2-13(3-5-14)19(20,21)22/h2-5,12,15H,6-11H2,1H3,(H,23,28). The molecule has 4 rings (SSSR count). The monoisotopic (exact) mass is 409 g/mol. The molecule has 0 radical (unpaired) electrons. The van der Waals surface area contributed by atoms with Crippen molar-refractivity contribution in [1.82, 2.24) is 19.2 Å². The molecular weight excluding hydrogens is 387 g/mol. The molecule has 1 saturated heterocycles. The summed E-state index contributed by atoms with van der Waals surface area (Å²) in [6, 6.07) is 4.28. The van der Waals surface area contributed by atoms with Crippen LogP contribution in [0.3, 0.4) is 0 Å². The van der Waals surface area contributed by atoms with Crippen molar-refractivity contribution in [2.24, 2.45) is 7.05 Å². The lowest BCUT2D eigenvalue weighted by Gasteiger charge is -2.31. The Morgan fingerprint density at radius 3 is 2.28 bits per heavy atom. The zero-order valence-corrected chi connectivity index (χ0v) is 15.9. The Bertz CT molecular complexity index is 952. The van der Waals surface area contributed by atoms with Crippen molar-refractivity contribution in [1.29, 1.82) is 0 Å². The number of likely N-dealkylation sites (tertiary alicyclic amines) is 1. The lowest BCUT2D eigenvalue weighted by atomic mass is 9.96. The number of nitrogens with zero attached hydrogens (tertiary/aromatic N) is 4. The molecule has 1 aliphatic heterocycles. The first kappa shape index (κ1) is 19.5. The van der Waals surface area contributed by atoms with Crippen molar-refractivity contribution < 1.29 is 18.0 Å². The van der Waals surface area contributed by atoms with Crippen LogP contribution < -0.4 is 11.0 Å². The van der Waals surface area contributed by atoms with Crippen LogP contribution in [0.2, 0.25) is 0 Å². The van der Waals surface area contributed by atoms with Crippen LogP contribution in [0.5, 0.6) is 0 Å². The first-order valence-corrected chi connectivity index (χ1v) is 9.62. The van der Waals surface area contributed by atoms with Gasteiger partial charge in [0.05, 0.1) is 5.56 Å². The average molecular weight is 409 g/mol.